The third kappa shape index (κ3) is 10.7. The number of halogens is 2. The molecule has 8 nitrogen and oxygen atoms in total. The molecular weight excluding hydrogens is 436 g/mol. The highest BCUT2D eigenvalue weighted by Crippen LogP contribution is 2.21. The highest BCUT2D eigenvalue weighted by atomic mass is 19.1. The zero-order chi connectivity index (χ0) is 24.6. The van der Waals surface area contributed by atoms with Gasteiger partial charge in [0.15, 0.2) is 29.5 Å². The number of phenolic OH excluding ortho intramolecular Hbond substituents is 1. The maximum Gasteiger partial charge on any atom is 0.290 e. The molecule has 0 aliphatic carbocycles. The zero-order valence-electron chi connectivity index (χ0n) is 18.5. The van der Waals surface area contributed by atoms with E-state index in [0.29, 0.717) is 12.1 Å². The van der Waals surface area contributed by atoms with Crippen LogP contribution in [0.3, 0.4) is 0 Å². The summed E-state index contributed by atoms with van der Waals surface area (Å²) in [5, 5.41) is 30.0. The van der Waals surface area contributed by atoms with Crippen molar-refractivity contribution in [3.05, 3.63) is 71.8 Å². The number of carbonyl (C=O) groups is 1. The molecule has 4 rings (SSSR count). The molecule has 2 aromatic carbocycles. The van der Waals surface area contributed by atoms with E-state index in [1.165, 1.54) is 12.0 Å². The van der Waals surface area contributed by atoms with Crippen LogP contribution in [0, 0.1) is 18.6 Å². The lowest BCUT2D eigenvalue weighted by molar-refractivity contribution is -0.122. The molecule has 3 aromatic rings. The SMILES string of the molecule is CNCc1cc(F)c(O)c(F)c1.Cc1ccc(-c2cnco2)cc1.O=CO.OC1CCNC1. The number of phenols is 1. The average molecular weight is 465 g/mol. The van der Waals surface area contributed by atoms with Gasteiger partial charge in [-0.15, -0.1) is 0 Å². The second-order valence-corrected chi connectivity index (χ2v) is 6.92. The van der Waals surface area contributed by atoms with Crippen LogP contribution in [0.5, 0.6) is 5.75 Å². The second kappa shape index (κ2) is 15.5. The number of aliphatic hydroxyl groups is 1. The van der Waals surface area contributed by atoms with Crippen LogP contribution in [0.15, 0.2) is 53.4 Å². The van der Waals surface area contributed by atoms with Gasteiger partial charge in [-0.25, -0.2) is 13.8 Å². The van der Waals surface area contributed by atoms with E-state index in [1.807, 2.05) is 12.1 Å². The van der Waals surface area contributed by atoms with Crippen LogP contribution < -0.4 is 10.6 Å². The predicted molar refractivity (Wildman–Crippen MR) is 120 cm³/mol. The number of hydrogen-bond acceptors (Lipinski definition) is 7. The first-order valence-electron chi connectivity index (χ1n) is 10.1. The van der Waals surface area contributed by atoms with E-state index in [1.54, 1.807) is 13.2 Å². The first-order chi connectivity index (χ1) is 15.8. The molecule has 0 bridgehead atoms. The average Bonchev–Trinajstić information content (AvgIpc) is 3.49. The summed E-state index contributed by atoms with van der Waals surface area (Å²) in [6.07, 6.45) is 4.02. The van der Waals surface area contributed by atoms with E-state index < -0.39 is 17.4 Å². The van der Waals surface area contributed by atoms with Crippen LogP contribution in [-0.2, 0) is 11.3 Å². The Balaban J connectivity index is 0.000000244. The Morgan fingerprint density at radius 1 is 1.24 bits per heavy atom. The fourth-order valence-electron chi connectivity index (χ4n) is 2.64. The van der Waals surface area contributed by atoms with Crippen molar-refractivity contribution in [2.24, 2.45) is 0 Å². The minimum absolute atomic E-state index is 0.0648. The van der Waals surface area contributed by atoms with E-state index in [-0.39, 0.29) is 12.6 Å². The number of oxazole rings is 1. The molecule has 1 aliphatic heterocycles. The van der Waals surface area contributed by atoms with Gasteiger partial charge in [-0.05, 0) is 44.6 Å². The molecule has 5 N–H and O–H groups in total. The van der Waals surface area contributed by atoms with Crippen LogP contribution in [0.2, 0.25) is 0 Å². The van der Waals surface area contributed by atoms with Gasteiger partial charge in [0, 0.05) is 18.7 Å². The van der Waals surface area contributed by atoms with Crippen molar-refractivity contribution in [3.63, 3.8) is 0 Å². The highest BCUT2D eigenvalue weighted by molar-refractivity contribution is 5.56. The monoisotopic (exact) mass is 465 g/mol. The van der Waals surface area contributed by atoms with Crippen molar-refractivity contribution in [2.75, 3.05) is 20.1 Å². The normalized spacial score (nSPS) is 14.0. The minimum Gasteiger partial charge on any atom is -0.503 e. The third-order valence-corrected chi connectivity index (χ3v) is 4.26. The number of aliphatic hydroxyl groups excluding tert-OH is 1. The van der Waals surface area contributed by atoms with Crippen molar-refractivity contribution in [1.29, 1.82) is 0 Å². The maximum absolute atomic E-state index is 12.6. The molecule has 1 aromatic heterocycles. The summed E-state index contributed by atoms with van der Waals surface area (Å²) in [6.45, 7) is 3.96. The van der Waals surface area contributed by atoms with Gasteiger partial charge in [0.1, 0.15) is 0 Å². The van der Waals surface area contributed by atoms with Crippen LogP contribution in [-0.4, -0.2) is 53.0 Å². The molecule has 1 saturated heterocycles. The summed E-state index contributed by atoms with van der Waals surface area (Å²) in [4.78, 5) is 12.2. The molecule has 0 spiro atoms. The summed E-state index contributed by atoms with van der Waals surface area (Å²) >= 11 is 0. The number of β-amino-alcohol motifs (C(OH)–C–C–N with tert-alkyl or cyclic N) is 1. The number of carboxylic acid groups (broad SMARTS) is 1. The molecule has 0 radical (unpaired) electrons. The van der Waals surface area contributed by atoms with Crippen molar-refractivity contribution in [2.45, 2.75) is 26.0 Å². The minimum atomic E-state index is -0.930. The first-order valence-corrected chi connectivity index (χ1v) is 10.1. The smallest absolute Gasteiger partial charge is 0.290 e. The molecule has 180 valence electrons. The summed E-state index contributed by atoms with van der Waals surface area (Å²) in [6, 6.07) is 10.3. The van der Waals surface area contributed by atoms with Gasteiger partial charge in [0.25, 0.3) is 6.47 Å². The van der Waals surface area contributed by atoms with Crippen LogP contribution in [0.25, 0.3) is 11.3 Å². The van der Waals surface area contributed by atoms with Gasteiger partial charge >= 0.3 is 0 Å². The van der Waals surface area contributed by atoms with Crippen molar-refractivity contribution in [3.8, 4) is 17.1 Å². The van der Waals surface area contributed by atoms with Gasteiger partial charge in [0.05, 0.1) is 12.3 Å². The van der Waals surface area contributed by atoms with E-state index >= 15 is 0 Å². The third-order valence-electron chi connectivity index (χ3n) is 4.26. The van der Waals surface area contributed by atoms with E-state index in [2.05, 4.69) is 34.7 Å². The second-order valence-electron chi connectivity index (χ2n) is 6.92. The maximum atomic E-state index is 12.6. The number of nitrogens with zero attached hydrogens (tertiary/aromatic N) is 1. The molecular formula is C23H29F2N3O5. The van der Waals surface area contributed by atoms with Gasteiger partial charge in [-0.3, -0.25) is 4.79 Å². The van der Waals surface area contributed by atoms with E-state index in [9.17, 15) is 8.78 Å². The summed E-state index contributed by atoms with van der Waals surface area (Å²) in [5.41, 5.74) is 2.78. The van der Waals surface area contributed by atoms with Crippen LogP contribution >= 0.6 is 0 Å². The fraction of sp³-hybridized carbons (Fsp3) is 0.304. The molecule has 1 aliphatic rings. The number of rotatable bonds is 3. The topological polar surface area (TPSA) is 128 Å². The zero-order valence-corrected chi connectivity index (χ0v) is 18.5. The molecule has 2 heterocycles. The number of aromatic nitrogens is 1. The predicted octanol–water partition coefficient (Wildman–Crippen LogP) is 3.08. The lowest BCUT2D eigenvalue weighted by Gasteiger charge is -2.02. The Morgan fingerprint density at radius 3 is 2.24 bits per heavy atom. The van der Waals surface area contributed by atoms with Gasteiger partial charge in [-0.2, -0.15) is 0 Å². The number of aryl methyl sites for hydroxylation is 1. The number of nitrogens with one attached hydrogen (secondary N) is 2. The Kier molecular flexibility index (Phi) is 13.0. The lowest BCUT2D eigenvalue weighted by Crippen LogP contribution is -2.11. The molecule has 33 heavy (non-hydrogen) atoms. The highest BCUT2D eigenvalue weighted by Gasteiger charge is 2.09. The molecule has 1 unspecified atom stereocenters. The first kappa shape index (κ1) is 27.7. The lowest BCUT2D eigenvalue weighted by atomic mass is 10.1. The molecule has 0 amide bonds. The molecule has 1 atom stereocenters. The Morgan fingerprint density at radius 2 is 1.85 bits per heavy atom. The van der Waals surface area contributed by atoms with Crippen molar-refractivity contribution in [1.82, 2.24) is 15.6 Å². The molecule has 1 fully saturated rings. The molecule has 0 saturated carbocycles. The Bertz CT molecular complexity index is 909. The largest absolute Gasteiger partial charge is 0.503 e. The quantitative estimate of drug-likeness (QED) is 0.374. The van der Waals surface area contributed by atoms with Crippen molar-refractivity contribution >= 4 is 6.47 Å². The number of hydrogen-bond donors (Lipinski definition) is 5. The van der Waals surface area contributed by atoms with Gasteiger partial charge < -0.3 is 30.4 Å². The standard InChI is InChI=1S/C10H9NO.C8H9F2NO.C4H9NO.CH2O2/c1-8-2-4-9(5-3-8)10-6-11-7-12-10;1-11-4-5-2-6(9)8(12)7(10)3-5;6-4-1-2-5-3-4;2-1-3/h2-7H,1H3;2-3,11-12H,4H2,1H3;4-6H,1-3H2;1H,(H,2,3). The van der Waals surface area contributed by atoms with Gasteiger partial charge in [-0.1, -0.05) is 29.8 Å². The molecule has 10 heteroatoms. The Hall–Kier alpha value is -3.34. The van der Waals surface area contributed by atoms with E-state index in [0.717, 1.165) is 43.0 Å². The van der Waals surface area contributed by atoms with E-state index in [4.69, 9.17) is 24.5 Å². The Labute approximate surface area is 190 Å². The summed E-state index contributed by atoms with van der Waals surface area (Å²) in [5.74, 6) is -1.97. The number of benzene rings is 2. The van der Waals surface area contributed by atoms with Gasteiger partial charge in [0.2, 0.25) is 0 Å². The number of aromatic hydroxyl groups is 1. The summed E-state index contributed by atoms with van der Waals surface area (Å²) in [7, 11) is 1.67. The van der Waals surface area contributed by atoms with Crippen LogP contribution in [0.4, 0.5) is 8.78 Å². The fourth-order valence-corrected chi connectivity index (χ4v) is 2.64. The van der Waals surface area contributed by atoms with Crippen molar-refractivity contribution < 1.29 is 33.3 Å². The van der Waals surface area contributed by atoms with Crippen LogP contribution in [0.1, 0.15) is 17.5 Å². The summed E-state index contributed by atoms with van der Waals surface area (Å²) < 4.78 is 30.4.